The molecule has 0 unspecified atom stereocenters. The number of pyridine rings is 1. The number of nitrogens with zero attached hydrogens (tertiary/aromatic N) is 1. The Morgan fingerprint density at radius 1 is 0.970 bits per heavy atom. The van der Waals surface area contributed by atoms with E-state index >= 15 is 0 Å². The average molecular weight is 440 g/mol. The molecule has 0 atom stereocenters. The standard InChI is InChI=1S/C27H25N3O3/c1-33-22-12-5-4-10-20(22)29-27(32)23-21-11-6-7-15-30(21)25(24(23)28)26(31)19-14-13-17-8-2-3-9-18(17)16-19/h4-7,10-16H,2-3,8-9,28H2,1H3,(H,29,32). The maximum Gasteiger partial charge on any atom is 0.260 e. The number of hydrogen-bond donors (Lipinski definition) is 2. The van der Waals surface area contributed by atoms with Crippen LogP contribution in [0.4, 0.5) is 11.4 Å². The number of methoxy groups -OCH3 is 1. The second-order valence-corrected chi connectivity index (χ2v) is 8.27. The first-order chi connectivity index (χ1) is 16.1. The Morgan fingerprint density at radius 2 is 1.73 bits per heavy atom. The molecule has 0 saturated heterocycles. The number of nitrogen functional groups attached to an aromatic ring is 1. The van der Waals surface area contributed by atoms with E-state index in [4.69, 9.17) is 10.5 Å². The van der Waals surface area contributed by atoms with Crippen LogP contribution in [0.5, 0.6) is 5.75 Å². The molecule has 0 spiro atoms. The maximum atomic E-state index is 13.6. The van der Waals surface area contributed by atoms with Crippen molar-refractivity contribution in [3.63, 3.8) is 0 Å². The number of ketones is 1. The van der Waals surface area contributed by atoms with Crippen LogP contribution < -0.4 is 15.8 Å². The number of anilines is 2. The van der Waals surface area contributed by atoms with Gasteiger partial charge in [-0.15, -0.1) is 0 Å². The average Bonchev–Trinajstić information content (AvgIpc) is 3.15. The Morgan fingerprint density at radius 3 is 2.55 bits per heavy atom. The number of carbonyl (C=O) groups is 2. The smallest absolute Gasteiger partial charge is 0.260 e. The summed E-state index contributed by atoms with van der Waals surface area (Å²) in [6, 6.07) is 18.5. The Hall–Kier alpha value is -4.06. The fourth-order valence-electron chi connectivity index (χ4n) is 4.64. The molecular weight excluding hydrogens is 414 g/mol. The van der Waals surface area contributed by atoms with Gasteiger partial charge in [-0.2, -0.15) is 0 Å². The SMILES string of the molecule is COc1ccccc1NC(=O)c1c(N)c(C(=O)c2ccc3c(c2)CCCC3)n2ccccc12. The predicted octanol–water partition coefficient (Wildman–Crippen LogP) is 4.89. The lowest BCUT2D eigenvalue weighted by molar-refractivity contribution is 0.102. The van der Waals surface area contributed by atoms with E-state index in [0.717, 1.165) is 19.3 Å². The van der Waals surface area contributed by atoms with E-state index in [-0.39, 0.29) is 17.0 Å². The van der Waals surface area contributed by atoms with Gasteiger partial charge in [-0.05, 0) is 67.1 Å². The molecule has 6 heteroatoms. The summed E-state index contributed by atoms with van der Waals surface area (Å²) in [5.74, 6) is -0.0538. The van der Waals surface area contributed by atoms with Crippen molar-refractivity contribution in [1.29, 1.82) is 0 Å². The minimum absolute atomic E-state index is 0.163. The summed E-state index contributed by atoms with van der Waals surface area (Å²) in [7, 11) is 1.54. The van der Waals surface area contributed by atoms with Crippen LogP contribution in [0.1, 0.15) is 50.4 Å². The minimum Gasteiger partial charge on any atom is -0.495 e. The van der Waals surface area contributed by atoms with Gasteiger partial charge < -0.3 is 20.2 Å². The van der Waals surface area contributed by atoms with Crippen LogP contribution in [-0.4, -0.2) is 23.2 Å². The van der Waals surface area contributed by atoms with Crippen LogP contribution in [0, 0.1) is 0 Å². The van der Waals surface area contributed by atoms with Crippen molar-refractivity contribution in [2.75, 3.05) is 18.2 Å². The number of benzene rings is 2. The van der Waals surface area contributed by atoms with Gasteiger partial charge in [-0.3, -0.25) is 9.59 Å². The number of fused-ring (bicyclic) bond motifs is 2. The predicted molar refractivity (Wildman–Crippen MR) is 129 cm³/mol. The molecule has 1 aliphatic rings. The minimum atomic E-state index is -0.398. The summed E-state index contributed by atoms with van der Waals surface area (Å²) < 4.78 is 7.04. The first kappa shape index (κ1) is 20.8. The Bertz CT molecular complexity index is 1390. The van der Waals surface area contributed by atoms with E-state index in [0.29, 0.717) is 28.2 Å². The Balaban J connectivity index is 1.58. The van der Waals surface area contributed by atoms with Crippen LogP contribution in [0.25, 0.3) is 5.52 Å². The summed E-state index contributed by atoms with van der Waals surface area (Å²) in [6.07, 6.45) is 6.10. The molecule has 0 radical (unpaired) electrons. The van der Waals surface area contributed by atoms with Crippen molar-refractivity contribution in [3.05, 3.63) is 94.8 Å². The zero-order valence-electron chi connectivity index (χ0n) is 18.4. The van der Waals surface area contributed by atoms with Gasteiger partial charge in [-0.25, -0.2) is 0 Å². The highest BCUT2D eigenvalue weighted by Crippen LogP contribution is 2.32. The molecule has 1 aliphatic carbocycles. The third-order valence-electron chi connectivity index (χ3n) is 6.29. The highest BCUT2D eigenvalue weighted by atomic mass is 16.5. The fraction of sp³-hybridized carbons (Fsp3) is 0.185. The van der Waals surface area contributed by atoms with Crippen LogP contribution in [-0.2, 0) is 12.8 Å². The summed E-state index contributed by atoms with van der Waals surface area (Å²) in [6.45, 7) is 0. The number of aromatic nitrogens is 1. The van der Waals surface area contributed by atoms with Gasteiger partial charge in [0.05, 0.1) is 29.6 Å². The molecule has 33 heavy (non-hydrogen) atoms. The lowest BCUT2D eigenvalue weighted by atomic mass is 9.89. The van der Waals surface area contributed by atoms with Crippen molar-refractivity contribution < 1.29 is 14.3 Å². The first-order valence-electron chi connectivity index (χ1n) is 11.1. The number of amides is 1. The van der Waals surface area contributed by atoms with Crippen molar-refractivity contribution in [2.45, 2.75) is 25.7 Å². The Labute approximate surface area is 192 Å². The molecule has 2 aromatic carbocycles. The maximum absolute atomic E-state index is 13.6. The van der Waals surface area contributed by atoms with Crippen LogP contribution in [0.2, 0.25) is 0 Å². The van der Waals surface area contributed by atoms with E-state index in [1.807, 2.05) is 42.5 Å². The lowest BCUT2D eigenvalue weighted by Crippen LogP contribution is -2.15. The summed E-state index contributed by atoms with van der Waals surface area (Å²) in [5.41, 5.74) is 11.4. The van der Waals surface area contributed by atoms with Gasteiger partial charge in [0.25, 0.3) is 5.91 Å². The molecular formula is C27H25N3O3. The van der Waals surface area contributed by atoms with Crippen LogP contribution >= 0.6 is 0 Å². The number of nitrogens with one attached hydrogen (secondary N) is 1. The van der Waals surface area contributed by atoms with E-state index in [1.54, 1.807) is 35.9 Å². The van der Waals surface area contributed by atoms with Crippen molar-refractivity contribution in [2.24, 2.45) is 0 Å². The van der Waals surface area contributed by atoms with Crippen LogP contribution in [0.15, 0.2) is 66.9 Å². The number of rotatable bonds is 5. The molecule has 0 saturated carbocycles. The van der Waals surface area contributed by atoms with E-state index in [9.17, 15) is 9.59 Å². The molecule has 2 aromatic heterocycles. The highest BCUT2D eigenvalue weighted by Gasteiger charge is 2.27. The van der Waals surface area contributed by atoms with Gasteiger partial charge in [-0.1, -0.05) is 30.3 Å². The monoisotopic (exact) mass is 439 g/mol. The second-order valence-electron chi connectivity index (χ2n) is 8.27. The number of nitrogens with two attached hydrogens (primary N) is 1. The van der Waals surface area contributed by atoms with E-state index in [1.165, 1.54) is 17.5 Å². The largest absolute Gasteiger partial charge is 0.495 e. The number of aryl methyl sites for hydroxylation is 2. The summed E-state index contributed by atoms with van der Waals surface area (Å²) in [4.78, 5) is 26.9. The van der Waals surface area contributed by atoms with E-state index < -0.39 is 5.91 Å². The molecule has 4 aromatic rings. The normalized spacial score (nSPS) is 12.9. The molecule has 3 N–H and O–H groups in total. The second kappa shape index (κ2) is 8.47. The molecule has 0 fully saturated rings. The fourth-order valence-corrected chi connectivity index (χ4v) is 4.64. The Kier molecular flexibility index (Phi) is 5.34. The quantitative estimate of drug-likeness (QED) is 0.434. The molecule has 6 nitrogen and oxygen atoms in total. The molecule has 0 bridgehead atoms. The molecule has 1 amide bonds. The van der Waals surface area contributed by atoms with Crippen molar-refractivity contribution in [3.8, 4) is 5.75 Å². The third kappa shape index (κ3) is 3.63. The molecule has 0 aliphatic heterocycles. The van der Waals surface area contributed by atoms with E-state index in [2.05, 4.69) is 5.32 Å². The number of hydrogen-bond acceptors (Lipinski definition) is 4. The number of carbonyl (C=O) groups excluding carboxylic acids is 2. The third-order valence-corrected chi connectivity index (χ3v) is 6.29. The summed E-state index contributed by atoms with van der Waals surface area (Å²) >= 11 is 0. The first-order valence-corrected chi connectivity index (χ1v) is 11.1. The molecule has 166 valence electrons. The molecule has 2 heterocycles. The molecule has 5 rings (SSSR count). The number of para-hydroxylation sites is 2. The summed E-state index contributed by atoms with van der Waals surface area (Å²) in [5, 5.41) is 2.88. The van der Waals surface area contributed by atoms with Gasteiger partial charge in [0.2, 0.25) is 5.78 Å². The number of ether oxygens (including phenoxy) is 1. The van der Waals surface area contributed by atoms with Gasteiger partial charge in [0, 0.05) is 11.8 Å². The highest BCUT2D eigenvalue weighted by molar-refractivity contribution is 6.20. The van der Waals surface area contributed by atoms with Crippen LogP contribution in [0.3, 0.4) is 0 Å². The van der Waals surface area contributed by atoms with Crippen molar-refractivity contribution in [1.82, 2.24) is 4.40 Å². The zero-order chi connectivity index (χ0) is 22.9. The van der Waals surface area contributed by atoms with Gasteiger partial charge >= 0.3 is 0 Å². The van der Waals surface area contributed by atoms with Gasteiger partial charge in [0.15, 0.2) is 0 Å². The van der Waals surface area contributed by atoms with Gasteiger partial charge in [0.1, 0.15) is 11.4 Å². The lowest BCUT2D eigenvalue weighted by Gasteiger charge is -2.16. The topological polar surface area (TPSA) is 85.8 Å². The van der Waals surface area contributed by atoms with Crippen molar-refractivity contribution >= 4 is 28.6 Å². The zero-order valence-corrected chi connectivity index (χ0v) is 18.4.